The third kappa shape index (κ3) is 3.21. The van der Waals surface area contributed by atoms with Crippen LogP contribution in [-0.4, -0.2) is 33.7 Å². The van der Waals surface area contributed by atoms with Crippen molar-refractivity contribution in [3.8, 4) is 0 Å². The molecular formula is C13H18N4O4. The van der Waals surface area contributed by atoms with Crippen molar-refractivity contribution in [2.75, 3.05) is 5.32 Å². The summed E-state index contributed by atoms with van der Waals surface area (Å²) < 4.78 is 6.40. The van der Waals surface area contributed by atoms with Gasteiger partial charge in [-0.05, 0) is 26.2 Å². The number of nitrogens with zero attached hydrogens (tertiary/aromatic N) is 2. The molecule has 0 spiro atoms. The van der Waals surface area contributed by atoms with E-state index >= 15 is 0 Å². The van der Waals surface area contributed by atoms with Gasteiger partial charge in [0.15, 0.2) is 6.10 Å². The minimum Gasteiger partial charge on any atom is -0.453 e. The van der Waals surface area contributed by atoms with Gasteiger partial charge < -0.3 is 15.8 Å². The molecule has 1 heterocycles. The number of rotatable bonds is 5. The maximum absolute atomic E-state index is 12.0. The second-order valence-electron chi connectivity index (χ2n) is 5.04. The maximum Gasteiger partial charge on any atom is 0.303 e. The normalized spacial score (nSPS) is 15.9. The summed E-state index contributed by atoms with van der Waals surface area (Å²) in [6.07, 6.45) is 3.32. The van der Waals surface area contributed by atoms with Crippen molar-refractivity contribution in [2.24, 2.45) is 5.73 Å². The van der Waals surface area contributed by atoms with Gasteiger partial charge in [-0.3, -0.25) is 14.4 Å². The minimum atomic E-state index is -0.965. The highest BCUT2D eigenvalue weighted by atomic mass is 16.5. The summed E-state index contributed by atoms with van der Waals surface area (Å²) in [5.41, 5.74) is 5.43. The van der Waals surface area contributed by atoms with E-state index in [0.717, 1.165) is 19.3 Å². The van der Waals surface area contributed by atoms with Crippen molar-refractivity contribution in [1.29, 1.82) is 0 Å². The van der Waals surface area contributed by atoms with Gasteiger partial charge in [-0.25, -0.2) is 4.68 Å². The summed E-state index contributed by atoms with van der Waals surface area (Å²) in [7, 11) is 0. The molecule has 1 aliphatic rings. The van der Waals surface area contributed by atoms with E-state index in [1.54, 1.807) is 4.68 Å². The third-order valence-corrected chi connectivity index (χ3v) is 3.44. The fraction of sp³-hybridized carbons (Fsp3) is 0.538. The summed E-state index contributed by atoms with van der Waals surface area (Å²) in [6, 6.07) is 0.150. The van der Waals surface area contributed by atoms with Gasteiger partial charge in [0.25, 0.3) is 11.8 Å². The largest absolute Gasteiger partial charge is 0.453 e. The number of ether oxygens (including phenoxy) is 1. The van der Waals surface area contributed by atoms with Crippen molar-refractivity contribution in [3.05, 3.63) is 11.8 Å². The molecule has 1 fully saturated rings. The van der Waals surface area contributed by atoms with Crippen LogP contribution in [0.15, 0.2) is 6.20 Å². The van der Waals surface area contributed by atoms with E-state index in [-0.39, 0.29) is 17.4 Å². The molecule has 0 radical (unpaired) electrons. The Morgan fingerprint density at radius 2 is 2.14 bits per heavy atom. The van der Waals surface area contributed by atoms with Crippen molar-refractivity contribution in [1.82, 2.24) is 9.78 Å². The first-order chi connectivity index (χ1) is 9.90. The smallest absolute Gasteiger partial charge is 0.303 e. The van der Waals surface area contributed by atoms with Crippen molar-refractivity contribution < 1.29 is 19.1 Å². The number of anilines is 1. The Morgan fingerprint density at radius 3 is 2.62 bits per heavy atom. The Kier molecular flexibility index (Phi) is 4.25. The number of hydrogen-bond acceptors (Lipinski definition) is 5. The van der Waals surface area contributed by atoms with Crippen molar-refractivity contribution in [3.63, 3.8) is 0 Å². The predicted molar refractivity (Wildman–Crippen MR) is 73.5 cm³/mol. The predicted octanol–water partition coefficient (Wildman–Crippen LogP) is 0.597. The Hall–Kier alpha value is -2.38. The van der Waals surface area contributed by atoms with Crippen molar-refractivity contribution in [2.45, 2.75) is 45.3 Å². The molecule has 0 aliphatic heterocycles. The van der Waals surface area contributed by atoms with Gasteiger partial charge in [0.2, 0.25) is 0 Å². The van der Waals surface area contributed by atoms with Gasteiger partial charge in [-0.2, -0.15) is 5.10 Å². The van der Waals surface area contributed by atoms with Crippen LogP contribution in [0.2, 0.25) is 0 Å². The number of carbonyl (C=O) groups is 3. The zero-order chi connectivity index (χ0) is 15.6. The second-order valence-corrected chi connectivity index (χ2v) is 5.04. The summed E-state index contributed by atoms with van der Waals surface area (Å²) in [6.45, 7) is 2.67. The highest BCUT2D eigenvalue weighted by Crippen LogP contribution is 2.34. The Balaban J connectivity index is 2.20. The summed E-state index contributed by atoms with van der Waals surface area (Å²) in [4.78, 5) is 34.3. The monoisotopic (exact) mass is 294 g/mol. The average molecular weight is 294 g/mol. The van der Waals surface area contributed by atoms with Gasteiger partial charge in [0.05, 0.1) is 12.2 Å². The molecule has 0 bridgehead atoms. The van der Waals surface area contributed by atoms with E-state index in [1.165, 1.54) is 20.0 Å². The highest BCUT2D eigenvalue weighted by Gasteiger charge is 2.28. The first-order valence-electron chi connectivity index (χ1n) is 6.75. The number of esters is 1. The van der Waals surface area contributed by atoms with Gasteiger partial charge in [-0.1, -0.05) is 0 Å². The zero-order valence-corrected chi connectivity index (χ0v) is 12.0. The number of carbonyl (C=O) groups excluding carboxylic acids is 3. The number of amides is 2. The van der Waals surface area contributed by atoms with E-state index in [0.29, 0.717) is 0 Å². The van der Waals surface area contributed by atoms with Crippen LogP contribution in [-0.2, 0) is 14.3 Å². The van der Waals surface area contributed by atoms with Crippen LogP contribution in [0.4, 0.5) is 5.82 Å². The third-order valence-electron chi connectivity index (χ3n) is 3.44. The summed E-state index contributed by atoms with van der Waals surface area (Å²) in [5.74, 6) is -1.50. The van der Waals surface area contributed by atoms with Gasteiger partial charge in [-0.15, -0.1) is 0 Å². The average Bonchev–Trinajstić information content (AvgIpc) is 2.70. The van der Waals surface area contributed by atoms with Crippen molar-refractivity contribution >= 4 is 23.6 Å². The number of hydrogen-bond donors (Lipinski definition) is 2. The molecule has 0 unspecified atom stereocenters. The Bertz CT molecular complexity index is 577. The van der Waals surface area contributed by atoms with Crippen LogP contribution in [0.3, 0.4) is 0 Å². The zero-order valence-electron chi connectivity index (χ0n) is 12.0. The molecule has 114 valence electrons. The van der Waals surface area contributed by atoms with Crippen LogP contribution in [0.25, 0.3) is 0 Å². The standard InChI is InChI=1S/C13H18N4O4/c1-7(21-8(2)18)13(20)16-12-10(11(14)19)6-15-17(12)9-4-3-5-9/h6-7,9H,3-5H2,1-2H3,(H2,14,19)(H,16,20)/t7-/m0/s1. The van der Waals surface area contributed by atoms with E-state index < -0.39 is 23.9 Å². The number of primary amides is 1. The maximum atomic E-state index is 12.0. The molecule has 1 aromatic rings. The molecule has 2 rings (SSSR count). The molecule has 0 saturated heterocycles. The van der Waals surface area contributed by atoms with E-state index in [9.17, 15) is 14.4 Å². The molecule has 0 aromatic carbocycles. The summed E-state index contributed by atoms with van der Waals surface area (Å²) >= 11 is 0. The highest BCUT2D eigenvalue weighted by molar-refractivity contribution is 6.03. The van der Waals surface area contributed by atoms with E-state index in [1.807, 2.05) is 0 Å². The lowest BCUT2D eigenvalue weighted by Gasteiger charge is -2.27. The molecule has 3 N–H and O–H groups in total. The Labute approximate surface area is 121 Å². The van der Waals surface area contributed by atoms with Crippen LogP contribution >= 0.6 is 0 Å². The minimum absolute atomic E-state index is 0.144. The lowest BCUT2D eigenvalue weighted by molar-refractivity contribution is -0.150. The number of aromatic nitrogens is 2. The molecule has 1 aromatic heterocycles. The Morgan fingerprint density at radius 1 is 1.48 bits per heavy atom. The SMILES string of the molecule is CC(=O)O[C@@H](C)C(=O)Nc1c(C(N)=O)cnn1C1CCC1. The van der Waals surface area contributed by atoms with E-state index in [4.69, 9.17) is 10.5 Å². The molecule has 21 heavy (non-hydrogen) atoms. The van der Waals surface area contributed by atoms with Gasteiger partial charge in [0.1, 0.15) is 11.4 Å². The van der Waals surface area contributed by atoms with Crippen LogP contribution in [0.5, 0.6) is 0 Å². The molecule has 8 heteroatoms. The molecule has 1 saturated carbocycles. The molecule has 8 nitrogen and oxygen atoms in total. The van der Waals surface area contributed by atoms with Crippen LogP contribution in [0.1, 0.15) is 49.5 Å². The van der Waals surface area contributed by atoms with E-state index in [2.05, 4.69) is 10.4 Å². The summed E-state index contributed by atoms with van der Waals surface area (Å²) in [5, 5.41) is 6.70. The fourth-order valence-electron chi connectivity index (χ4n) is 2.10. The lowest BCUT2D eigenvalue weighted by Crippen LogP contribution is -2.32. The number of nitrogens with two attached hydrogens (primary N) is 1. The second kappa shape index (κ2) is 5.94. The first-order valence-corrected chi connectivity index (χ1v) is 6.75. The molecule has 1 atom stereocenters. The number of nitrogens with one attached hydrogen (secondary N) is 1. The van der Waals surface area contributed by atoms with Gasteiger partial charge >= 0.3 is 5.97 Å². The fourth-order valence-corrected chi connectivity index (χ4v) is 2.10. The first kappa shape index (κ1) is 15.0. The molecule has 2 amide bonds. The molecular weight excluding hydrogens is 276 g/mol. The lowest BCUT2D eigenvalue weighted by atomic mass is 9.93. The van der Waals surface area contributed by atoms with Crippen LogP contribution in [0, 0.1) is 0 Å². The van der Waals surface area contributed by atoms with Gasteiger partial charge in [0, 0.05) is 6.92 Å². The quantitative estimate of drug-likeness (QED) is 0.771. The molecule has 1 aliphatic carbocycles. The topological polar surface area (TPSA) is 116 Å². The van der Waals surface area contributed by atoms with Crippen LogP contribution < -0.4 is 11.1 Å².